The van der Waals surface area contributed by atoms with Crippen molar-refractivity contribution in [3.8, 4) is 28.1 Å². The minimum Gasteiger partial charge on any atom is -0.484 e. The highest BCUT2D eigenvalue weighted by Gasteiger charge is 2.11. The number of amides is 1. The standard InChI is InChI=1S/C30H22BrN3O2/c31-24-13-16-28-27(17-24)26(22-9-5-2-6-10-22)18-29(33-28)23-11-14-25(15-12-23)36-20-30(35)34-32-19-21-7-3-1-4-8-21/h1-19H,20H2,(H,34,35). The maximum atomic E-state index is 12.1. The van der Waals surface area contributed by atoms with Crippen molar-refractivity contribution in [3.63, 3.8) is 0 Å². The molecule has 1 aromatic heterocycles. The third kappa shape index (κ3) is 5.67. The number of halogens is 1. The number of carbonyl (C=O) groups excluding carboxylic acids is 1. The number of aromatic nitrogens is 1. The van der Waals surface area contributed by atoms with Crippen LogP contribution in [0.2, 0.25) is 0 Å². The largest absolute Gasteiger partial charge is 0.484 e. The van der Waals surface area contributed by atoms with Gasteiger partial charge in [-0.15, -0.1) is 0 Å². The normalized spacial score (nSPS) is 11.0. The molecule has 5 rings (SSSR count). The summed E-state index contributed by atoms with van der Waals surface area (Å²) in [5, 5.41) is 5.04. The van der Waals surface area contributed by atoms with Gasteiger partial charge in [0, 0.05) is 15.4 Å². The van der Waals surface area contributed by atoms with Crippen molar-refractivity contribution < 1.29 is 9.53 Å². The molecule has 0 saturated carbocycles. The van der Waals surface area contributed by atoms with Crippen LogP contribution in [0.25, 0.3) is 33.3 Å². The fourth-order valence-corrected chi connectivity index (χ4v) is 4.18. The molecular formula is C30H22BrN3O2. The Kier molecular flexibility index (Phi) is 7.15. The molecule has 5 nitrogen and oxygen atoms in total. The number of rotatable bonds is 7. The highest BCUT2D eigenvalue weighted by atomic mass is 79.9. The predicted molar refractivity (Wildman–Crippen MR) is 148 cm³/mol. The Hall–Kier alpha value is -4.29. The molecule has 0 fully saturated rings. The van der Waals surface area contributed by atoms with E-state index in [1.165, 1.54) is 0 Å². The lowest BCUT2D eigenvalue weighted by Crippen LogP contribution is -2.24. The zero-order valence-corrected chi connectivity index (χ0v) is 20.9. The van der Waals surface area contributed by atoms with E-state index in [1.54, 1.807) is 6.21 Å². The second kappa shape index (κ2) is 11.0. The number of ether oxygens (including phenoxy) is 1. The van der Waals surface area contributed by atoms with Crippen LogP contribution in [0.3, 0.4) is 0 Å². The summed E-state index contributed by atoms with van der Waals surface area (Å²) in [6.45, 7) is -0.132. The van der Waals surface area contributed by atoms with Crippen molar-refractivity contribution in [2.75, 3.05) is 6.61 Å². The summed E-state index contributed by atoms with van der Waals surface area (Å²) in [6, 6.07) is 35.6. The van der Waals surface area contributed by atoms with Gasteiger partial charge >= 0.3 is 0 Å². The van der Waals surface area contributed by atoms with Gasteiger partial charge in [0.25, 0.3) is 5.91 Å². The minimum absolute atomic E-state index is 0.132. The Morgan fingerprint density at radius 3 is 2.33 bits per heavy atom. The number of pyridine rings is 1. The molecule has 1 heterocycles. The maximum Gasteiger partial charge on any atom is 0.277 e. The van der Waals surface area contributed by atoms with E-state index < -0.39 is 0 Å². The van der Waals surface area contributed by atoms with E-state index in [4.69, 9.17) is 9.72 Å². The number of nitrogens with one attached hydrogen (secondary N) is 1. The van der Waals surface area contributed by atoms with E-state index in [0.717, 1.165) is 43.3 Å². The molecule has 0 unspecified atom stereocenters. The first-order valence-electron chi connectivity index (χ1n) is 11.4. The maximum absolute atomic E-state index is 12.1. The molecule has 6 heteroatoms. The number of hydrogen-bond donors (Lipinski definition) is 1. The molecule has 1 amide bonds. The smallest absolute Gasteiger partial charge is 0.277 e. The summed E-state index contributed by atoms with van der Waals surface area (Å²) in [4.78, 5) is 16.9. The Morgan fingerprint density at radius 1 is 0.861 bits per heavy atom. The van der Waals surface area contributed by atoms with E-state index in [2.05, 4.69) is 50.7 Å². The summed E-state index contributed by atoms with van der Waals surface area (Å²) < 4.78 is 6.64. The van der Waals surface area contributed by atoms with Crippen molar-refractivity contribution in [1.29, 1.82) is 0 Å². The van der Waals surface area contributed by atoms with E-state index in [1.807, 2.05) is 84.9 Å². The van der Waals surface area contributed by atoms with Crippen LogP contribution in [0.4, 0.5) is 0 Å². The van der Waals surface area contributed by atoms with Crippen LogP contribution in [-0.4, -0.2) is 23.7 Å². The number of hydrogen-bond acceptors (Lipinski definition) is 4. The fourth-order valence-electron chi connectivity index (χ4n) is 3.82. The lowest BCUT2D eigenvalue weighted by molar-refractivity contribution is -0.123. The molecule has 0 saturated heterocycles. The fraction of sp³-hybridized carbons (Fsp3) is 0.0333. The minimum atomic E-state index is -0.332. The molecule has 0 radical (unpaired) electrons. The van der Waals surface area contributed by atoms with Gasteiger partial charge in [0.2, 0.25) is 0 Å². The zero-order chi connectivity index (χ0) is 24.7. The van der Waals surface area contributed by atoms with Gasteiger partial charge in [0.1, 0.15) is 5.75 Å². The van der Waals surface area contributed by atoms with Gasteiger partial charge in [0.05, 0.1) is 17.4 Å². The second-order valence-electron chi connectivity index (χ2n) is 8.10. The van der Waals surface area contributed by atoms with Crippen molar-refractivity contribution in [2.45, 2.75) is 0 Å². The Bertz CT molecular complexity index is 1520. The van der Waals surface area contributed by atoms with Crippen LogP contribution in [-0.2, 0) is 4.79 Å². The Morgan fingerprint density at radius 2 is 1.58 bits per heavy atom. The van der Waals surface area contributed by atoms with Crippen molar-refractivity contribution in [3.05, 3.63) is 119 Å². The quantitative estimate of drug-likeness (QED) is 0.183. The summed E-state index contributed by atoms with van der Waals surface area (Å²) in [6.07, 6.45) is 1.59. The number of hydrazone groups is 1. The van der Waals surface area contributed by atoms with Gasteiger partial charge in [-0.3, -0.25) is 4.79 Å². The molecule has 0 bridgehead atoms. The van der Waals surface area contributed by atoms with Gasteiger partial charge in [0.15, 0.2) is 6.61 Å². The summed E-state index contributed by atoms with van der Waals surface area (Å²) in [7, 11) is 0. The van der Waals surface area contributed by atoms with E-state index in [0.29, 0.717) is 5.75 Å². The SMILES string of the molecule is O=C(COc1ccc(-c2cc(-c3ccccc3)c3cc(Br)ccc3n2)cc1)NN=Cc1ccccc1. The monoisotopic (exact) mass is 535 g/mol. The van der Waals surface area contributed by atoms with Gasteiger partial charge < -0.3 is 4.74 Å². The molecule has 5 aromatic rings. The topological polar surface area (TPSA) is 63.6 Å². The van der Waals surface area contributed by atoms with Gasteiger partial charge in [-0.1, -0.05) is 76.6 Å². The zero-order valence-electron chi connectivity index (χ0n) is 19.3. The molecule has 0 aliphatic rings. The lowest BCUT2D eigenvalue weighted by Gasteiger charge is -2.11. The van der Waals surface area contributed by atoms with E-state index in [9.17, 15) is 4.79 Å². The van der Waals surface area contributed by atoms with Crippen molar-refractivity contribution >= 4 is 39.0 Å². The Labute approximate surface area is 217 Å². The van der Waals surface area contributed by atoms with Crippen molar-refractivity contribution in [1.82, 2.24) is 10.4 Å². The Balaban J connectivity index is 1.30. The third-order valence-electron chi connectivity index (χ3n) is 5.58. The second-order valence-corrected chi connectivity index (χ2v) is 9.02. The highest BCUT2D eigenvalue weighted by Crippen LogP contribution is 2.34. The van der Waals surface area contributed by atoms with Crippen molar-refractivity contribution in [2.24, 2.45) is 5.10 Å². The highest BCUT2D eigenvalue weighted by molar-refractivity contribution is 9.10. The molecular weight excluding hydrogens is 514 g/mol. The molecule has 1 N–H and O–H groups in total. The molecule has 4 aromatic carbocycles. The number of nitrogens with zero attached hydrogens (tertiary/aromatic N) is 2. The van der Waals surface area contributed by atoms with E-state index >= 15 is 0 Å². The first-order chi connectivity index (χ1) is 17.7. The summed E-state index contributed by atoms with van der Waals surface area (Å²) in [5.74, 6) is 0.259. The first kappa shape index (κ1) is 23.5. The molecule has 0 aliphatic heterocycles. The molecule has 176 valence electrons. The van der Waals surface area contributed by atoms with Crippen LogP contribution in [0.5, 0.6) is 5.75 Å². The molecule has 0 spiro atoms. The predicted octanol–water partition coefficient (Wildman–Crippen LogP) is 6.86. The number of carbonyl (C=O) groups is 1. The van der Waals surface area contributed by atoms with Gasteiger partial charge in [-0.25, -0.2) is 10.4 Å². The molecule has 0 aliphatic carbocycles. The molecule has 36 heavy (non-hydrogen) atoms. The first-order valence-corrected chi connectivity index (χ1v) is 12.2. The lowest BCUT2D eigenvalue weighted by atomic mass is 9.98. The summed E-state index contributed by atoms with van der Waals surface area (Å²) in [5.41, 5.74) is 8.36. The van der Waals surface area contributed by atoms with Crippen LogP contribution in [0.1, 0.15) is 5.56 Å². The van der Waals surface area contributed by atoms with Gasteiger partial charge in [-0.05, 0) is 65.2 Å². The number of benzene rings is 4. The van der Waals surface area contributed by atoms with Crippen LogP contribution >= 0.6 is 15.9 Å². The average Bonchev–Trinajstić information content (AvgIpc) is 2.93. The third-order valence-corrected chi connectivity index (χ3v) is 6.07. The van der Waals surface area contributed by atoms with Crippen LogP contribution in [0.15, 0.2) is 119 Å². The summed E-state index contributed by atoms with van der Waals surface area (Å²) >= 11 is 3.58. The van der Waals surface area contributed by atoms with Crippen LogP contribution < -0.4 is 10.2 Å². The van der Waals surface area contributed by atoms with E-state index in [-0.39, 0.29) is 12.5 Å². The van der Waals surface area contributed by atoms with Crippen LogP contribution in [0, 0.1) is 0 Å². The molecule has 0 atom stereocenters. The number of fused-ring (bicyclic) bond motifs is 1. The average molecular weight is 536 g/mol. The van der Waals surface area contributed by atoms with Gasteiger partial charge in [-0.2, -0.15) is 5.10 Å².